The van der Waals surface area contributed by atoms with E-state index in [0.29, 0.717) is 12.8 Å². The van der Waals surface area contributed by atoms with Crippen molar-refractivity contribution in [2.45, 2.75) is 71.9 Å². The predicted octanol–water partition coefficient (Wildman–Crippen LogP) is 4.57. The van der Waals surface area contributed by atoms with Crippen molar-refractivity contribution in [2.24, 2.45) is 22.2 Å². The van der Waals surface area contributed by atoms with Crippen LogP contribution >= 0.6 is 0 Å². The van der Waals surface area contributed by atoms with Crippen LogP contribution in [-0.4, -0.2) is 23.3 Å². The van der Waals surface area contributed by atoms with Crippen molar-refractivity contribution in [1.82, 2.24) is 0 Å². The molecule has 0 amide bonds. The fraction of sp³-hybridized carbons (Fsp3) is 0.600. The summed E-state index contributed by atoms with van der Waals surface area (Å²) in [5, 5.41) is 0. The molecule has 2 saturated heterocycles. The summed E-state index contributed by atoms with van der Waals surface area (Å²) in [7, 11) is 0. The lowest BCUT2D eigenvalue weighted by atomic mass is 9.72. The molecule has 2 aliphatic carbocycles. The van der Waals surface area contributed by atoms with E-state index in [2.05, 4.69) is 47.6 Å². The van der Waals surface area contributed by atoms with Crippen LogP contribution in [0, 0.1) is 22.2 Å². The van der Waals surface area contributed by atoms with Crippen LogP contribution in [0.15, 0.2) is 42.0 Å². The molecule has 2 aliphatic heterocycles. The van der Waals surface area contributed by atoms with E-state index in [4.69, 9.17) is 9.47 Å². The van der Waals surface area contributed by atoms with Crippen molar-refractivity contribution in [3.63, 3.8) is 0 Å². The maximum Gasteiger partial charge on any atom is 0.197 e. The highest BCUT2D eigenvalue weighted by Crippen LogP contribution is 2.82. The number of benzene rings is 1. The minimum Gasteiger partial charge on any atom is -0.334 e. The van der Waals surface area contributed by atoms with Gasteiger partial charge in [0.05, 0.1) is 5.92 Å². The van der Waals surface area contributed by atoms with Crippen molar-refractivity contribution >= 4 is 11.6 Å². The highest BCUT2D eigenvalue weighted by molar-refractivity contribution is 6.08. The molecule has 0 aromatic heterocycles. The minimum atomic E-state index is -0.946. The van der Waals surface area contributed by atoms with E-state index in [1.807, 2.05) is 30.3 Å². The lowest BCUT2D eigenvalue weighted by molar-refractivity contribution is -0.207. The second-order valence-electron chi connectivity index (χ2n) is 11.2. The van der Waals surface area contributed by atoms with Gasteiger partial charge in [-0.3, -0.25) is 9.59 Å². The second-order valence-corrected chi connectivity index (χ2v) is 11.2. The zero-order chi connectivity index (χ0) is 21.0. The van der Waals surface area contributed by atoms with Gasteiger partial charge in [-0.1, -0.05) is 78.0 Å². The van der Waals surface area contributed by atoms with Gasteiger partial charge in [0.25, 0.3) is 0 Å². The van der Waals surface area contributed by atoms with Crippen LogP contribution in [0.2, 0.25) is 0 Å². The first-order valence-electron chi connectivity index (χ1n) is 10.6. The molecular weight excluding hydrogens is 364 g/mol. The zero-order valence-electron chi connectivity index (χ0n) is 18.2. The van der Waals surface area contributed by atoms with Gasteiger partial charge in [-0.05, 0) is 16.4 Å². The van der Waals surface area contributed by atoms with Crippen LogP contribution in [0.25, 0.3) is 0 Å². The molecule has 0 N–H and O–H groups in total. The Bertz CT molecular complexity index is 947. The first-order chi connectivity index (χ1) is 13.4. The maximum absolute atomic E-state index is 13.6. The average molecular weight is 395 g/mol. The van der Waals surface area contributed by atoms with E-state index in [0.717, 1.165) is 11.1 Å². The molecule has 2 heterocycles. The molecule has 2 bridgehead atoms. The number of allylic oxidation sites excluding steroid dienone is 1. The summed E-state index contributed by atoms with van der Waals surface area (Å²) in [6.45, 7) is 12.7. The number of hydrogen-bond donors (Lipinski definition) is 0. The molecule has 1 aromatic carbocycles. The predicted molar refractivity (Wildman–Crippen MR) is 109 cm³/mol. The maximum atomic E-state index is 13.6. The number of hydrogen-bond acceptors (Lipinski definition) is 4. The Labute approximate surface area is 172 Å². The van der Waals surface area contributed by atoms with Crippen molar-refractivity contribution in [1.29, 1.82) is 0 Å². The molecule has 29 heavy (non-hydrogen) atoms. The molecule has 4 nitrogen and oxygen atoms in total. The van der Waals surface area contributed by atoms with Crippen LogP contribution in [0.4, 0.5) is 0 Å². The van der Waals surface area contributed by atoms with Gasteiger partial charge in [0.2, 0.25) is 0 Å². The third kappa shape index (κ3) is 2.07. The highest BCUT2D eigenvalue weighted by Gasteiger charge is 2.92. The topological polar surface area (TPSA) is 52.6 Å². The number of carbonyl (C=O) groups excluding carboxylic acids is 2. The molecule has 1 aromatic rings. The molecule has 4 aliphatic rings. The number of fused-ring (bicyclic) bond motifs is 6. The number of ether oxygens (including phenoxy) is 2. The van der Waals surface area contributed by atoms with Crippen molar-refractivity contribution < 1.29 is 19.1 Å². The summed E-state index contributed by atoms with van der Waals surface area (Å²) in [6, 6.07) is 9.87. The van der Waals surface area contributed by atoms with E-state index in [1.54, 1.807) is 0 Å². The summed E-state index contributed by atoms with van der Waals surface area (Å²) >= 11 is 0. The van der Waals surface area contributed by atoms with Crippen molar-refractivity contribution in [2.75, 3.05) is 0 Å². The van der Waals surface area contributed by atoms with Crippen LogP contribution < -0.4 is 0 Å². The summed E-state index contributed by atoms with van der Waals surface area (Å²) in [5.41, 5.74) is -0.134. The summed E-state index contributed by atoms with van der Waals surface area (Å²) in [4.78, 5) is 26.7. The van der Waals surface area contributed by atoms with Gasteiger partial charge in [-0.15, -0.1) is 0 Å². The van der Waals surface area contributed by atoms with Crippen molar-refractivity contribution in [3.05, 3.63) is 47.5 Å². The van der Waals surface area contributed by atoms with E-state index < -0.39 is 22.9 Å². The zero-order valence-corrected chi connectivity index (χ0v) is 18.2. The Morgan fingerprint density at radius 1 is 1.00 bits per heavy atom. The molecule has 5 rings (SSSR count). The Hall–Kier alpha value is -1.78. The lowest BCUT2D eigenvalue weighted by Crippen LogP contribution is -2.43. The summed E-state index contributed by atoms with van der Waals surface area (Å²) in [5.74, 6) is -1.12. The molecule has 5 unspecified atom stereocenters. The Balaban J connectivity index is 1.69. The van der Waals surface area contributed by atoms with E-state index in [9.17, 15) is 9.59 Å². The summed E-state index contributed by atoms with van der Waals surface area (Å²) < 4.78 is 13.3. The van der Waals surface area contributed by atoms with E-state index >= 15 is 0 Å². The number of rotatable bonds is 1. The minimum absolute atomic E-state index is 0.0607. The third-order valence-electron chi connectivity index (χ3n) is 7.63. The van der Waals surface area contributed by atoms with Crippen LogP contribution in [0.3, 0.4) is 0 Å². The number of carbonyl (C=O) groups is 2. The number of Topliss-reactive ketones (excluding diaryl/α,β-unsaturated/α-hetero) is 2. The fourth-order valence-corrected chi connectivity index (χ4v) is 6.30. The molecule has 0 radical (unpaired) electrons. The Morgan fingerprint density at radius 2 is 1.66 bits per heavy atom. The third-order valence-corrected chi connectivity index (χ3v) is 7.63. The summed E-state index contributed by atoms with van der Waals surface area (Å²) in [6.07, 6.45) is 2.36. The van der Waals surface area contributed by atoms with Crippen molar-refractivity contribution in [3.8, 4) is 0 Å². The Kier molecular flexibility index (Phi) is 3.49. The molecular formula is C25H30O4. The second kappa shape index (κ2) is 5.28. The molecule has 1 saturated carbocycles. The molecule has 5 atom stereocenters. The van der Waals surface area contributed by atoms with Gasteiger partial charge >= 0.3 is 0 Å². The van der Waals surface area contributed by atoms with Gasteiger partial charge in [-0.25, -0.2) is 0 Å². The molecule has 4 heteroatoms. The largest absolute Gasteiger partial charge is 0.334 e. The van der Waals surface area contributed by atoms with Gasteiger partial charge in [0.1, 0.15) is 5.60 Å². The van der Waals surface area contributed by atoms with Crippen LogP contribution in [0.1, 0.15) is 59.9 Å². The van der Waals surface area contributed by atoms with Gasteiger partial charge in [0, 0.05) is 23.8 Å². The van der Waals surface area contributed by atoms with E-state index in [1.165, 1.54) is 0 Å². The van der Waals surface area contributed by atoms with Crippen LogP contribution in [0.5, 0.6) is 0 Å². The van der Waals surface area contributed by atoms with Gasteiger partial charge < -0.3 is 9.47 Å². The van der Waals surface area contributed by atoms with Gasteiger partial charge in [-0.2, -0.15) is 0 Å². The fourth-order valence-electron chi connectivity index (χ4n) is 6.30. The quantitative estimate of drug-likeness (QED) is 0.700. The molecule has 1 spiro atoms. The highest BCUT2D eigenvalue weighted by atomic mass is 16.8. The molecule has 3 fully saturated rings. The van der Waals surface area contributed by atoms with Crippen LogP contribution in [-0.2, 0) is 24.8 Å². The lowest BCUT2D eigenvalue weighted by Gasteiger charge is -2.34. The first kappa shape index (κ1) is 19.2. The monoisotopic (exact) mass is 394 g/mol. The number of ketones is 2. The Morgan fingerprint density at radius 3 is 2.21 bits per heavy atom. The first-order valence-corrected chi connectivity index (χ1v) is 10.6. The van der Waals surface area contributed by atoms with Gasteiger partial charge in [0.15, 0.2) is 23.5 Å². The smallest absolute Gasteiger partial charge is 0.197 e. The standard InChI is InChI=1S/C25H30O4/c1-21(2,3)16-14-23(22(4,5)6)19(18(16)27)25(23)20-17(26)12-13-24(28-20,29-25)15-10-8-7-9-11-15/h7-11,14,19-20H,12-13H2,1-6H3. The normalized spacial score (nSPS) is 41.0. The van der Waals surface area contributed by atoms with E-state index in [-0.39, 0.29) is 28.3 Å². The molecule has 154 valence electrons. The SMILES string of the molecule is CC(C)(C)C1=CC2(C(C)(C)C)C(C1=O)C21OC2(c3ccccc3)CCC(=O)C1O2. The average Bonchev–Trinajstić information content (AvgIpc) is 2.89.